The first-order valence-corrected chi connectivity index (χ1v) is 6.89. The van der Waals surface area contributed by atoms with Crippen molar-refractivity contribution in [2.45, 2.75) is 37.5 Å². The van der Waals surface area contributed by atoms with Gasteiger partial charge in [-0.3, -0.25) is 9.59 Å². The SMILES string of the molecule is CCC(CC(=O)O)N1CC(S(N)(=O)=O)CC1=O. The normalized spacial score (nSPS) is 22.8. The van der Waals surface area contributed by atoms with Crippen molar-refractivity contribution in [1.29, 1.82) is 0 Å². The molecule has 1 heterocycles. The highest BCUT2D eigenvalue weighted by atomic mass is 32.2. The van der Waals surface area contributed by atoms with Crippen molar-refractivity contribution in [3.63, 3.8) is 0 Å². The van der Waals surface area contributed by atoms with Crippen molar-refractivity contribution in [1.82, 2.24) is 4.90 Å². The van der Waals surface area contributed by atoms with E-state index in [1.165, 1.54) is 4.90 Å². The molecule has 8 heteroatoms. The Hall–Kier alpha value is -1.15. The molecule has 0 radical (unpaired) electrons. The number of aliphatic carboxylic acids is 1. The van der Waals surface area contributed by atoms with E-state index in [0.29, 0.717) is 6.42 Å². The zero-order valence-corrected chi connectivity index (χ0v) is 10.3. The first-order chi connectivity index (χ1) is 7.75. The van der Waals surface area contributed by atoms with Gasteiger partial charge in [-0.1, -0.05) is 6.92 Å². The topological polar surface area (TPSA) is 118 Å². The lowest BCUT2D eigenvalue weighted by Gasteiger charge is -2.25. The molecule has 0 aliphatic carbocycles. The molecule has 1 aliphatic heterocycles. The summed E-state index contributed by atoms with van der Waals surface area (Å²) >= 11 is 0. The van der Waals surface area contributed by atoms with E-state index in [9.17, 15) is 18.0 Å². The number of amides is 1. The number of rotatable bonds is 5. The molecule has 1 rings (SSSR count). The van der Waals surface area contributed by atoms with Gasteiger partial charge in [0.2, 0.25) is 15.9 Å². The van der Waals surface area contributed by atoms with Crippen molar-refractivity contribution < 1.29 is 23.1 Å². The standard InChI is InChI=1S/C9H16N2O5S/c1-2-6(3-9(13)14)11-5-7(4-8(11)12)17(10,15)16/h6-7H,2-5H2,1H3,(H,13,14)(H2,10,15,16). The van der Waals surface area contributed by atoms with Crippen LogP contribution in [0.2, 0.25) is 0 Å². The Labute approximate surface area is 99.6 Å². The predicted octanol–water partition coefficient (Wildman–Crippen LogP) is -0.871. The van der Waals surface area contributed by atoms with E-state index in [1.54, 1.807) is 6.92 Å². The molecule has 1 amide bonds. The summed E-state index contributed by atoms with van der Waals surface area (Å²) < 4.78 is 22.3. The number of carbonyl (C=O) groups is 2. The molecule has 98 valence electrons. The van der Waals surface area contributed by atoms with Gasteiger partial charge in [0, 0.05) is 19.0 Å². The van der Waals surface area contributed by atoms with Crippen LogP contribution in [-0.2, 0) is 19.6 Å². The van der Waals surface area contributed by atoms with E-state index in [1.807, 2.05) is 0 Å². The van der Waals surface area contributed by atoms with Gasteiger partial charge in [-0.05, 0) is 6.42 Å². The Bertz CT molecular complexity index is 419. The average molecular weight is 264 g/mol. The van der Waals surface area contributed by atoms with Gasteiger partial charge in [0.15, 0.2) is 0 Å². The number of hydrogen-bond donors (Lipinski definition) is 2. The van der Waals surface area contributed by atoms with Crippen molar-refractivity contribution in [2.24, 2.45) is 5.14 Å². The Balaban J connectivity index is 2.79. The minimum Gasteiger partial charge on any atom is -0.481 e. The van der Waals surface area contributed by atoms with Crippen LogP contribution in [0.15, 0.2) is 0 Å². The molecule has 0 saturated carbocycles. The van der Waals surface area contributed by atoms with Crippen molar-refractivity contribution in [3.8, 4) is 0 Å². The van der Waals surface area contributed by atoms with Gasteiger partial charge in [-0.2, -0.15) is 0 Å². The lowest BCUT2D eigenvalue weighted by molar-refractivity contribution is -0.139. The number of carboxylic acids is 1. The molecule has 1 aliphatic rings. The summed E-state index contributed by atoms with van der Waals surface area (Å²) in [6.45, 7) is 1.74. The molecule has 0 aromatic heterocycles. The second kappa shape index (κ2) is 5.01. The van der Waals surface area contributed by atoms with Gasteiger partial charge >= 0.3 is 5.97 Å². The minimum atomic E-state index is -3.75. The highest BCUT2D eigenvalue weighted by Gasteiger charge is 2.39. The third-order valence-electron chi connectivity index (χ3n) is 2.91. The molecule has 0 spiro atoms. The number of nitrogens with zero attached hydrogens (tertiary/aromatic N) is 1. The van der Waals surface area contributed by atoms with E-state index in [4.69, 9.17) is 10.2 Å². The number of carbonyl (C=O) groups excluding carboxylic acids is 1. The Morgan fingerprint density at radius 2 is 2.24 bits per heavy atom. The summed E-state index contributed by atoms with van der Waals surface area (Å²) in [5, 5.41) is 12.8. The van der Waals surface area contributed by atoms with Crippen LogP contribution in [0.5, 0.6) is 0 Å². The van der Waals surface area contributed by atoms with Crippen LogP contribution in [0, 0.1) is 0 Å². The number of primary sulfonamides is 1. The van der Waals surface area contributed by atoms with Gasteiger partial charge in [-0.25, -0.2) is 13.6 Å². The summed E-state index contributed by atoms with van der Waals surface area (Å²) in [5.41, 5.74) is 0. The maximum absolute atomic E-state index is 11.6. The minimum absolute atomic E-state index is 0.0105. The number of hydrogen-bond acceptors (Lipinski definition) is 4. The summed E-state index contributed by atoms with van der Waals surface area (Å²) in [5.74, 6) is -1.36. The van der Waals surface area contributed by atoms with Gasteiger partial charge < -0.3 is 10.0 Å². The van der Waals surface area contributed by atoms with Crippen LogP contribution in [0.25, 0.3) is 0 Å². The lowest BCUT2D eigenvalue weighted by Crippen LogP contribution is -2.39. The number of nitrogens with two attached hydrogens (primary N) is 1. The third kappa shape index (κ3) is 3.40. The van der Waals surface area contributed by atoms with E-state index >= 15 is 0 Å². The van der Waals surface area contributed by atoms with Gasteiger partial charge in [0.05, 0.1) is 6.42 Å². The van der Waals surface area contributed by atoms with Crippen LogP contribution < -0.4 is 5.14 Å². The summed E-state index contributed by atoms with van der Waals surface area (Å²) in [4.78, 5) is 23.6. The molecule has 1 saturated heterocycles. The fraction of sp³-hybridized carbons (Fsp3) is 0.778. The molecular weight excluding hydrogens is 248 g/mol. The fourth-order valence-corrected chi connectivity index (χ4v) is 2.69. The summed E-state index contributed by atoms with van der Waals surface area (Å²) in [6, 6.07) is -0.466. The molecule has 2 atom stereocenters. The smallest absolute Gasteiger partial charge is 0.305 e. The predicted molar refractivity (Wildman–Crippen MR) is 59.6 cm³/mol. The molecule has 17 heavy (non-hydrogen) atoms. The summed E-state index contributed by atoms with van der Waals surface area (Å²) in [7, 11) is -3.75. The van der Waals surface area contributed by atoms with Gasteiger partial charge in [0.1, 0.15) is 5.25 Å². The number of likely N-dealkylation sites (tertiary alicyclic amines) is 1. The van der Waals surface area contributed by atoms with Gasteiger partial charge in [0.25, 0.3) is 0 Å². The number of sulfonamides is 1. The molecule has 0 bridgehead atoms. The van der Waals surface area contributed by atoms with Crippen LogP contribution in [0.3, 0.4) is 0 Å². The maximum atomic E-state index is 11.6. The zero-order chi connectivity index (χ0) is 13.2. The van der Waals surface area contributed by atoms with Crippen molar-refractivity contribution in [3.05, 3.63) is 0 Å². The van der Waals surface area contributed by atoms with Crippen molar-refractivity contribution >= 4 is 21.9 Å². The Kier molecular flexibility index (Phi) is 4.10. The Morgan fingerprint density at radius 3 is 2.59 bits per heavy atom. The van der Waals surface area contributed by atoms with E-state index in [2.05, 4.69) is 0 Å². The molecule has 7 nitrogen and oxygen atoms in total. The molecule has 2 unspecified atom stereocenters. The second-order valence-electron chi connectivity index (χ2n) is 4.12. The monoisotopic (exact) mass is 264 g/mol. The van der Waals surface area contributed by atoms with E-state index in [-0.39, 0.29) is 25.3 Å². The molecular formula is C9H16N2O5S. The fourth-order valence-electron chi connectivity index (χ4n) is 1.95. The first kappa shape index (κ1) is 13.9. The van der Waals surface area contributed by atoms with E-state index in [0.717, 1.165) is 0 Å². The number of carboxylic acid groups (broad SMARTS) is 1. The van der Waals surface area contributed by atoms with Crippen LogP contribution in [0.1, 0.15) is 26.2 Å². The molecule has 1 fully saturated rings. The molecule has 0 aromatic carbocycles. The second-order valence-corrected chi connectivity index (χ2v) is 5.97. The largest absolute Gasteiger partial charge is 0.481 e. The highest BCUT2D eigenvalue weighted by molar-refractivity contribution is 7.89. The lowest BCUT2D eigenvalue weighted by atomic mass is 10.1. The molecule has 0 aromatic rings. The van der Waals surface area contributed by atoms with Crippen LogP contribution in [-0.4, -0.2) is 48.1 Å². The molecule has 3 N–H and O–H groups in total. The maximum Gasteiger partial charge on any atom is 0.305 e. The Morgan fingerprint density at radius 1 is 1.65 bits per heavy atom. The zero-order valence-electron chi connectivity index (χ0n) is 9.50. The van der Waals surface area contributed by atoms with Crippen LogP contribution in [0.4, 0.5) is 0 Å². The van der Waals surface area contributed by atoms with E-state index < -0.39 is 27.3 Å². The van der Waals surface area contributed by atoms with Gasteiger partial charge in [-0.15, -0.1) is 0 Å². The average Bonchev–Trinajstić information content (AvgIpc) is 2.56. The third-order valence-corrected chi connectivity index (χ3v) is 4.15. The van der Waals surface area contributed by atoms with Crippen LogP contribution >= 0.6 is 0 Å². The highest BCUT2D eigenvalue weighted by Crippen LogP contribution is 2.21. The quantitative estimate of drug-likeness (QED) is 0.669. The summed E-state index contributed by atoms with van der Waals surface area (Å²) in [6.07, 6.45) is 0.129. The first-order valence-electron chi connectivity index (χ1n) is 5.28. The van der Waals surface area contributed by atoms with Crippen molar-refractivity contribution in [2.75, 3.05) is 6.54 Å².